The van der Waals surface area contributed by atoms with Crippen LogP contribution in [0.4, 0.5) is 26.2 Å². The molecule has 19 heteroatoms. The van der Waals surface area contributed by atoms with Crippen LogP contribution in [0.5, 0.6) is 5.75 Å². The van der Waals surface area contributed by atoms with Crippen molar-refractivity contribution in [1.29, 1.82) is 0 Å². The lowest BCUT2D eigenvalue weighted by Gasteiger charge is -2.01. The predicted octanol–water partition coefficient (Wildman–Crippen LogP) is 19.8. The Morgan fingerprint density at radius 3 is 1.05 bits per heavy atom. The zero-order valence-electron chi connectivity index (χ0n) is 54.2. The van der Waals surface area contributed by atoms with E-state index >= 15 is 0 Å². The molecule has 0 saturated carbocycles. The third kappa shape index (κ3) is 20.8. The molecule has 518 valence electrons. The van der Waals surface area contributed by atoms with Crippen LogP contribution in [0.3, 0.4) is 0 Å². The van der Waals surface area contributed by atoms with E-state index in [1.807, 2.05) is 232 Å². The van der Waals surface area contributed by atoms with Crippen molar-refractivity contribution in [3.05, 3.63) is 338 Å². The number of hydrogen-bond donors (Lipinski definition) is 4. The number of aryl methyl sites for hydroxylation is 1. The predicted molar refractivity (Wildman–Crippen MR) is 427 cm³/mol. The number of carbonyl (C=O) groups excluding carboxylic acids is 2. The fraction of sp³-hybridized carbons (Fsp3) is 0.0952. The number of amides is 2. The maximum Gasteiger partial charge on any atom is 0.350 e. The molecule has 103 heavy (non-hydrogen) atoms. The molecule has 0 aliphatic rings. The van der Waals surface area contributed by atoms with Gasteiger partial charge in [-0.25, -0.2) is 0 Å². The molecule has 0 spiro atoms. The van der Waals surface area contributed by atoms with Crippen LogP contribution in [-0.2, 0) is 11.3 Å². The molecule has 0 aliphatic carbocycles. The molecule has 2 amide bonds. The van der Waals surface area contributed by atoms with E-state index in [1.54, 1.807) is 42.3 Å². The smallest absolute Gasteiger partial charge is 0.350 e. The van der Waals surface area contributed by atoms with Gasteiger partial charge in [-0.05, 0) is 166 Å². The van der Waals surface area contributed by atoms with E-state index in [9.17, 15) is 9.59 Å². The molecule has 15 nitrogen and oxygen atoms in total. The number of anilines is 5. The summed E-state index contributed by atoms with van der Waals surface area (Å²) in [6.45, 7) is 4.34. The van der Waals surface area contributed by atoms with Crippen LogP contribution in [0, 0.1) is 6.92 Å². The van der Waals surface area contributed by atoms with Gasteiger partial charge in [0.05, 0.1) is 29.4 Å². The highest BCUT2D eigenvalue weighted by Gasteiger charge is 2.29. The summed E-state index contributed by atoms with van der Waals surface area (Å²) in [6, 6.07) is 107. The summed E-state index contributed by atoms with van der Waals surface area (Å²) in [7, 11) is 1.67. The summed E-state index contributed by atoms with van der Waals surface area (Å²) in [5.41, 5.74) is 12.5. The van der Waals surface area contributed by atoms with E-state index in [-0.39, 0.29) is 41.5 Å². The van der Waals surface area contributed by atoms with Crippen molar-refractivity contribution < 1.29 is 30.2 Å². The highest BCUT2D eigenvalue weighted by atomic mass is 32.1. The van der Waals surface area contributed by atoms with E-state index in [1.165, 1.54) is 41.1 Å². The first kappa shape index (κ1) is 76.7. The van der Waals surface area contributed by atoms with Crippen molar-refractivity contribution in [3.8, 4) is 74.1 Å². The van der Waals surface area contributed by atoms with Crippen LogP contribution < -0.4 is 41.8 Å². The number of ether oxygens (including phenoxy) is 1. The summed E-state index contributed by atoms with van der Waals surface area (Å²) in [5.74, 6) is 4.02. The Kier molecular flexibility index (Phi) is 28.7. The van der Waals surface area contributed by atoms with Crippen molar-refractivity contribution in [2.75, 3.05) is 28.4 Å². The number of methoxy groups -OCH3 is 1. The molecule has 0 saturated heterocycles. The number of carbonyl (C=O) groups is 2. The second-order valence-corrected chi connectivity index (χ2v) is 25.7. The summed E-state index contributed by atoms with van der Waals surface area (Å²) in [5, 5.41) is 15.4. The first-order valence-electron chi connectivity index (χ1n) is 31.7. The van der Waals surface area contributed by atoms with Gasteiger partial charge in [0, 0.05) is 24.7 Å². The van der Waals surface area contributed by atoms with Gasteiger partial charge in [0.2, 0.25) is 5.91 Å². The van der Waals surface area contributed by atoms with E-state index in [2.05, 4.69) is 131 Å². The number of aromatic nitrogens is 8. The van der Waals surface area contributed by atoms with Gasteiger partial charge < -0.3 is 15.4 Å². The monoisotopic (exact) mass is 1440 g/mol. The lowest BCUT2D eigenvalue weighted by Crippen LogP contribution is -2.27. The van der Waals surface area contributed by atoms with Crippen LogP contribution in [0.1, 0.15) is 58.1 Å². The fourth-order valence-electron chi connectivity index (χ4n) is 10.0. The molecular formula is C84H84N12O3S4+4. The minimum atomic E-state index is -0.167. The van der Waals surface area contributed by atoms with Crippen molar-refractivity contribution in [1.82, 2.24) is 19.9 Å². The van der Waals surface area contributed by atoms with Crippen LogP contribution in [0.2, 0.25) is 0 Å². The Morgan fingerprint density at radius 1 is 0.359 bits per heavy atom. The maximum absolute atomic E-state index is 12.5. The Labute approximate surface area is 620 Å². The number of para-hydroxylation sites is 3. The average molecular weight is 1440 g/mol. The third-order valence-electron chi connectivity index (χ3n) is 14.8. The maximum atomic E-state index is 12.5. The minimum absolute atomic E-state index is 0. The molecule has 15 aromatic rings. The second kappa shape index (κ2) is 38.5. The fourth-order valence-corrected chi connectivity index (χ4v) is 13.7. The van der Waals surface area contributed by atoms with Crippen molar-refractivity contribution in [2.45, 2.75) is 50.1 Å². The largest absolute Gasteiger partial charge is 0.497 e. The molecule has 0 aliphatic heterocycles. The number of nitrogens with one attached hydrogen (secondary N) is 4. The molecule has 0 unspecified atom stereocenters. The summed E-state index contributed by atoms with van der Waals surface area (Å²) < 4.78 is 13.6. The first-order chi connectivity index (χ1) is 48.7. The van der Waals surface area contributed by atoms with Gasteiger partial charge in [-0.1, -0.05) is 223 Å². The van der Waals surface area contributed by atoms with Crippen LogP contribution in [0.15, 0.2) is 322 Å². The van der Waals surface area contributed by atoms with Crippen molar-refractivity contribution in [3.63, 3.8) is 0 Å². The highest BCUT2D eigenvalue weighted by Crippen LogP contribution is 2.28. The average Bonchev–Trinajstić information content (AvgIpc) is 1.69. The Morgan fingerprint density at radius 2 is 0.670 bits per heavy atom. The first-order valence-corrected chi connectivity index (χ1v) is 34.8. The summed E-state index contributed by atoms with van der Waals surface area (Å²) >= 11 is 6.02. The van der Waals surface area contributed by atoms with Crippen LogP contribution in [-0.4, -0.2) is 38.9 Å². The molecule has 0 fully saturated rings. The molecule has 4 heterocycles. The topological polar surface area (TPSA) is 159 Å². The zero-order chi connectivity index (χ0) is 68.0. The van der Waals surface area contributed by atoms with E-state index in [0.717, 1.165) is 96.5 Å². The highest BCUT2D eigenvalue weighted by molar-refractivity contribution is 7.07. The lowest BCUT2D eigenvalue weighted by atomic mass is 10.2. The Hall–Kier alpha value is -12.0. The van der Waals surface area contributed by atoms with Crippen molar-refractivity contribution in [2.24, 2.45) is 0 Å². The van der Waals surface area contributed by atoms with Crippen LogP contribution >= 0.6 is 46.1 Å². The SMILES string of the molecule is C.C.C.C.CC(=O)Nc1nc(-c2ccccc2)[n+](-c2ccccc2)s1.COc1ccc(Nc2nc(-c3ccccc3)[n+](-c3ccc(C)cc3)s2)cc1.O=C(Nc1nc(-c2ccccc2)[n+](-c2ccccc2)s1)c1ccccc1.c1ccc(CNc2nc(-c3ccccc3)[n+](-c3ccccc3)s2)cc1. The standard InChI is InChI=1S/C22H19N3OS.C21H15N3OS.C21H17N3S.C16H13N3OS.4CH4/c1-16-8-12-19(13-9-16)25-21(17-6-4-3-5-7-17)24-22(27-25)23-18-10-14-20(26-2)15-11-18;25-20(17-12-6-2-7-13-17)23-21-22-19(16-10-4-1-5-11-16)24(26-21)18-14-8-3-9-15-18;1-4-10-17(11-5-1)16-22-21-23-20(18-12-6-2-7-13-18)24(25-21)19-14-8-3-9-15-19;1-12(20)17-16-18-15(13-8-4-2-5-9-13)19(21-16)14-10-6-3-7-11-14;;;;/h3-15H,1-2H3;1-15H;1-15H,16H2;2-11H,1H3;4*1H4/p+4. The van der Waals surface area contributed by atoms with Gasteiger partial charge in [-0.2, -0.15) is 0 Å². The van der Waals surface area contributed by atoms with Gasteiger partial charge >= 0.3 is 43.8 Å². The molecule has 0 radical (unpaired) electrons. The minimum Gasteiger partial charge on any atom is -0.497 e. The lowest BCUT2D eigenvalue weighted by molar-refractivity contribution is -0.510. The van der Waals surface area contributed by atoms with Gasteiger partial charge in [-0.3, -0.25) is 20.2 Å². The normalized spacial score (nSPS) is 10.1. The van der Waals surface area contributed by atoms with Gasteiger partial charge in [0.1, 0.15) is 74.6 Å². The Balaban J connectivity index is 0.000000172. The number of hydrogen-bond acceptors (Lipinski definition) is 13. The molecule has 15 rings (SSSR count). The van der Waals surface area contributed by atoms with E-state index in [0.29, 0.717) is 15.8 Å². The quantitative estimate of drug-likeness (QED) is 0.0651. The Bertz CT molecular complexity index is 4830. The zero-order valence-corrected chi connectivity index (χ0v) is 57.5. The number of nitrogens with zero attached hydrogens (tertiary/aromatic N) is 8. The summed E-state index contributed by atoms with van der Waals surface area (Å²) in [4.78, 5) is 42.6. The second-order valence-electron chi connectivity index (χ2n) is 22.0. The third-order valence-corrected chi connectivity index (χ3v) is 18.6. The summed E-state index contributed by atoms with van der Waals surface area (Å²) in [6.07, 6.45) is 0. The van der Waals surface area contributed by atoms with Gasteiger partial charge in [0.25, 0.3) is 5.91 Å². The molecule has 11 aromatic carbocycles. The number of rotatable bonds is 17. The van der Waals surface area contributed by atoms with Gasteiger partial charge in [-0.15, -0.1) is 15.8 Å². The molecule has 0 bridgehead atoms. The molecular weight excluding hydrogens is 1350 g/mol. The molecule has 0 atom stereocenters. The van der Waals surface area contributed by atoms with Crippen molar-refractivity contribution >= 4 is 84.2 Å². The van der Waals surface area contributed by atoms with Crippen LogP contribution in [0.25, 0.3) is 68.3 Å². The molecule has 4 aromatic heterocycles. The molecule has 4 N–H and O–H groups in total. The van der Waals surface area contributed by atoms with E-state index in [4.69, 9.17) is 14.7 Å². The van der Waals surface area contributed by atoms with Gasteiger partial charge in [0.15, 0.2) is 0 Å². The number of benzene rings is 11. The van der Waals surface area contributed by atoms with E-state index < -0.39 is 0 Å².